The molecular weight excluding hydrogens is 747 g/mol. The van der Waals surface area contributed by atoms with Crippen LogP contribution >= 0.6 is 0 Å². The van der Waals surface area contributed by atoms with E-state index in [0.717, 1.165) is 69.1 Å². The zero-order valence-corrected chi connectivity index (χ0v) is 37.4. The van der Waals surface area contributed by atoms with Gasteiger partial charge in [0.2, 0.25) is 0 Å². The normalized spacial score (nSPS) is 19.4. The van der Waals surface area contributed by atoms with E-state index in [2.05, 4.69) is 82.6 Å². The van der Waals surface area contributed by atoms with Crippen LogP contribution in [0, 0.1) is 47.4 Å². The second kappa shape index (κ2) is 22.8. The molecule has 0 aromatic heterocycles. The zero-order chi connectivity index (χ0) is 42.1. The summed E-state index contributed by atoms with van der Waals surface area (Å²) in [5.74, 6) is 13.3. The van der Waals surface area contributed by atoms with Crippen molar-refractivity contribution < 1.29 is 38.3 Å². The van der Waals surface area contributed by atoms with E-state index in [4.69, 9.17) is 33.6 Å². The van der Waals surface area contributed by atoms with Crippen LogP contribution in [0.1, 0.15) is 110 Å². The summed E-state index contributed by atoms with van der Waals surface area (Å²) in [7, 11) is -2.07. The number of hydrogen-bond acceptors (Lipinski definition) is 9. The molecule has 5 atom stereocenters. The van der Waals surface area contributed by atoms with E-state index < -0.39 is 14.3 Å². The molecule has 9 nitrogen and oxygen atoms in total. The smallest absolute Gasteiger partial charge is 0.345 e. The van der Waals surface area contributed by atoms with Crippen LogP contribution < -0.4 is 10.2 Å². The average molecular weight is 814 g/mol. The highest BCUT2D eigenvalue weighted by molar-refractivity contribution is 6.74. The van der Waals surface area contributed by atoms with Crippen LogP contribution in [0.3, 0.4) is 0 Å². The minimum atomic E-state index is -2.07. The molecule has 2 aromatic rings. The van der Waals surface area contributed by atoms with E-state index in [1.165, 1.54) is 11.1 Å². The van der Waals surface area contributed by atoms with Crippen molar-refractivity contribution in [1.29, 1.82) is 0 Å². The van der Waals surface area contributed by atoms with Crippen LogP contribution in [0.2, 0.25) is 18.1 Å². The van der Waals surface area contributed by atoms with Gasteiger partial charge in [-0.05, 0) is 116 Å². The van der Waals surface area contributed by atoms with Gasteiger partial charge in [0.25, 0.3) is 0 Å². The second-order valence-corrected chi connectivity index (χ2v) is 22.1. The number of rotatable bonds is 22. The van der Waals surface area contributed by atoms with Crippen LogP contribution in [0.4, 0.5) is 0 Å². The third kappa shape index (κ3) is 14.0. The van der Waals surface area contributed by atoms with Crippen LogP contribution in [-0.4, -0.2) is 39.7 Å². The number of unbranched alkanes of at least 4 members (excludes halogenated alkanes) is 2. The SMILES string of the molecule is C=C(OONC=C(OO[C@@H](CCCCC)CC[C@@H]1[C@H]2Cc3cccc(OCC(=O)OCC#CC#CC)c3C[C@H]2C[C@H]1O[Si](C)(C)C(C)(C)C)C(C)C)c1ccccc1. The highest BCUT2D eigenvalue weighted by Gasteiger charge is 2.49. The lowest BCUT2D eigenvalue weighted by Gasteiger charge is -2.40. The predicted molar refractivity (Wildman–Crippen MR) is 232 cm³/mol. The van der Waals surface area contributed by atoms with Crippen molar-refractivity contribution in [2.75, 3.05) is 13.2 Å². The lowest BCUT2D eigenvalue weighted by atomic mass is 9.73. The molecule has 2 aromatic carbocycles. The van der Waals surface area contributed by atoms with Crippen molar-refractivity contribution in [2.24, 2.45) is 23.7 Å². The number of carbonyl (C=O) groups is 1. The Hall–Kier alpha value is -4.19. The number of allylic oxidation sites excluding steroid dienone is 1. The van der Waals surface area contributed by atoms with Crippen LogP contribution in [0.15, 0.2) is 67.1 Å². The number of benzene rings is 2. The average Bonchev–Trinajstić information content (AvgIpc) is 3.51. The fourth-order valence-electron chi connectivity index (χ4n) is 7.52. The van der Waals surface area contributed by atoms with Gasteiger partial charge in [-0.3, -0.25) is 0 Å². The molecule has 2 aliphatic carbocycles. The van der Waals surface area contributed by atoms with Crippen molar-refractivity contribution >= 4 is 20.0 Å². The zero-order valence-electron chi connectivity index (χ0n) is 36.4. The Morgan fingerprint density at radius 1 is 1.02 bits per heavy atom. The number of ether oxygens (including phenoxy) is 2. The van der Waals surface area contributed by atoms with Gasteiger partial charge >= 0.3 is 5.97 Å². The van der Waals surface area contributed by atoms with E-state index in [0.29, 0.717) is 29.3 Å². The van der Waals surface area contributed by atoms with Crippen molar-refractivity contribution in [3.63, 3.8) is 0 Å². The van der Waals surface area contributed by atoms with Crippen LogP contribution in [0.5, 0.6) is 5.75 Å². The van der Waals surface area contributed by atoms with Crippen molar-refractivity contribution in [3.05, 3.63) is 83.8 Å². The quantitative estimate of drug-likeness (QED) is 0.0237. The molecule has 0 aliphatic heterocycles. The van der Waals surface area contributed by atoms with Gasteiger partial charge in [0.15, 0.2) is 33.0 Å². The molecule has 0 saturated heterocycles. The third-order valence-corrected chi connectivity index (χ3v) is 16.3. The Bertz CT molecular complexity index is 1780. The maximum absolute atomic E-state index is 12.5. The van der Waals surface area contributed by atoms with Crippen molar-refractivity contribution in [1.82, 2.24) is 5.48 Å². The fourth-order valence-corrected chi connectivity index (χ4v) is 8.90. The first-order chi connectivity index (χ1) is 27.7. The molecule has 0 spiro atoms. The summed E-state index contributed by atoms with van der Waals surface area (Å²) in [5, 5.41) is 0.0929. The Morgan fingerprint density at radius 2 is 1.79 bits per heavy atom. The summed E-state index contributed by atoms with van der Waals surface area (Å²) in [6.07, 6.45) is 10.6. The third-order valence-electron chi connectivity index (χ3n) is 11.8. The molecule has 1 fully saturated rings. The lowest BCUT2D eigenvalue weighted by Crippen LogP contribution is -2.45. The molecule has 0 heterocycles. The first kappa shape index (κ1) is 46.5. The van der Waals surface area contributed by atoms with Gasteiger partial charge in [-0.2, -0.15) is 4.89 Å². The second-order valence-electron chi connectivity index (χ2n) is 17.3. The molecule has 0 bridgehead atoms. The van der Waals surface area contributed by atoms with Gasteiger partial charge < -0.3 is 23.7 Å². The topological polar surface area (TPSA) is 93.7 Å². The number of carbonyl (C=O) groups excluding carboxylic acids is 1. The highest BCUT2D eigenvalue weighted by Crippen LogP contribution is 2.51. The van der Waals surface area contributed by atoms with Gasteiger partial charge in [0, 0.05) is 17.6 Å². The molecule has 0 unspecified atom stereocenters. The van der Waals surface area contributed by atoms with Gasteiger partial charge in [0.1, 0.15) is 11.9 Å². The number of fused-ring (bicyclic) bond motifs is 2. The molecule has 0 amide bonds. The van der Waals surface area contributed by atoms with Crippen LogP contribution in [-0.2, 0) is 46.5 Å². The Labute approximate surface area is 349 Å². The molecule has 0 radical (unpaired) electrons. The van der Waals surface area contributed by atoms with E-state index in [-0.39, 0.29) is 36.4 Å². The van der Waals surface area contributed by atoms with Crippen molar-refractivity contribution in [2.45, 2.75) is 137 Å². The summed E-state index contributed by atoms with van der Waals surface area (Å²) >= 11 is 0. The van der Waals surface area contributed by atoms with Gasteiger partial charge in [-0.15, -0.1) is 0 Å². The minimum absolute atomic E-state index is 0.00922. The summed E-state index contributed by atoms with van der Waals surface area (Å²) < 4.78 is 18.6. The maximum atomic E-state index is 12.5. The largest absolute Gasteiger partial charge is 0.482 e. The first-order valence-electron chi connectivity index (χ1n) is 21.1. The summed E-state index contributed by atoms with van der Waals surface area (Å²) in [6.45, 7) is 23.4. The van der Waals surface area contributed by atoms with E-state index in [1.807, 2.05) is 56.3 Å². The molecule has 316 valence electrons. The Kier molecular flexibility index (Phi) is 18.3. The molecule has 1 saturated carbocycles. The van der Waals surface area contributed by atoms with Gasteiger partial charge in [-0.1, -0.05) is 121 Å². The number of hydroxylamine groups is 1. The molecule has 2 aliphatic rings. The monoisotopic (exact) mass is 813 g/mol. The summed E-state index contributed by atoms with van der Waals surface area (Å²) in [6, 6.07) is 15.8. The number of nitrogens with one attached hydrogen (secondary N) is 1. The predicted octanol–water partition coefficient (Wildman–Crippen LogP) is 10.7. The van der Waals surface area contributed by atoms with Crippen LogP contribution in [0.25, 0.3) is 5.76 Å². The highest BCUT2D eigenvalue weighted by atomic mass is 28.4. The Morgan fingerprint density at radius 3 is 2.50 bits per heavy atom. The van der Waals surface area contributed by atoms with E-state index >= 15 is 0 Å². The summed E-state index contributed by atoms with van der Waals surface area (Å²) in [4.78, 5) is 35.4. The van der Waals surface area contributed by atoms with E-state index in [1.54, 1.807) is 13.1 Å². The summed E-state index contributed by atoms with van der Waals surface area (Å²) in [5.41, 5.74) is 6.02. The van der Waals surface area contributed by atoms with E-state index in [9.17, 15) is 4.79 Å². The first-order valence-corrected chi connectivity index (χ1v) is 24.0. The maximum Gasteiger partial charge on any atom is 0.345 e. The molecule has 10 heteroatoms. The fraction of sp³-hybridized carbons (Fsp3) is 0.562. The molecular formula is C48H67NO8Si. The molecule has 58 heavy (non-hydrogen) atoms. The standard InChI is InChI=1S/C48H67NO8Si/c1-11-13-15-20-29-51-47(50)34-52-44-26-21-24-38-30-42-39(31-43(38)44)32-45(56-58(9,10)48(6,7)8)41(42)28-27-40(25-17-14-12-2)54-55-46(35(3)4)33-49-57-53-36(5)37-22-18-16-19-23-37/h16,18-19,21-24,26,33,35,39-42,45,49H,5,12,14,17,25,27-32,34H2,1-4,6-10H3/t39-,40-,41+,42-,45+/m0/s1. The lowest BCUT2D eigenvalue weighted by molar-refractivity contribution is -0.306. The molecule has 1 N–H and O–H groups in total. The van der Waals surface area contributed by atoms with Gasteiger partial charge in [-0.25, -0.2) is 10.3 Å². The van der Waals surface area contributed by atoms with Gasteiger partial charge in [0.05, 0.1) is 6.20 Å². The minimum Gasteiger partial charge on any atom is -0.482 e. The molecule has 4 rings (SSSR count). The number of esters is 1. The Balaban J connectivity index is 1.46. The number of hydrogen-bond donors (Lipinski definition) is 1. The van der Waals surface area contributed by atoms with Crippen molar-refractivity contribution in [3.8, 4) is 29.4 Å².